The average molecular weight is 237 g/mol. The van der Waals surface area contributed by atoms with Gasteiger partial charge in [0.25, 0.3) is 0 Å². The van der Waals surface area contributed by atoms with Crippen molar-refractivity contribution >= 4 is 0 Å². The van der Waals surface area contributed by atoms with Crippen LogP contribution in [0.3, 0.4) is 0 Å². The Labute approximate surface area is 103 Å². The SMILES string of the molecule is Cc1occc1CN(C)CC1(CO)CCCC1. The molecule has 3 heteroatoms. The number of aliphatic hydroxyl groups is 1. The van der Waals surface area contributed by atoms with Gasteiger partial charge in [0.15, 0.2) is 0 Å². The number of furan rings is 1. The summed E-state index contributed by atoms with van der Waals surface area (Å²) in [6.45, 7) is 4.21. The van der Waals surface area contributed by atoms with Gasteiger partial charge in [0.05, 0.1) is 6.26 Å². The molecule has 1 heterocycles. The number of aliphatic hydroxyl groups excluding tert-OH is 1. The highest BCUT2D eigenvalue weighted by molar-refractivity contribution is 5.15. The fraction of sp³-hybridized carbons (Fsp3) is 0.714. The molecule has 1 saturated carbocycles. The molecule has 0 atom stereocenters. The zero-order valence-electron chi connectivity index (χ0n) is 10.9. The number of hydrogen-bond acceptors (Lipinski definition) is 3. The van der Waals surface area contributed by atoms with Crippen LogP contribution in [-0.2, 0) is 6.54 Å². The van der Waals surface area contributed by atoms with Gasteiger partial charge >= 0.3 is 0 Å². The van der Waals surface area contributed by atoms with Gasteiger partial charge in [-0.2, -0.15) is 0 Å². The summed E-state index contributed by atoms with van der Waals surface area (Å²) in [5, 5.41) is 9.60. The molecule has 0 spiro atoms. The predicted molar refractivity (Wildman–Crippen MR) is 67.8 cm³/mol. The molecule has 17 heavy (non-hydrogen) atoms. The second kappa shape index (κ2) is 5.23. The minimum Gasteiger partial charge on any atom is -0.469 e. The minimum absolute atomic E-state index is 0.145. The Kier molecular flexibility index (Phi) is 3.89. The van der Waals surface area contributed by atoms with Crippen LogP contribution in [0.2, 0.25) is 0 Å². The molecule has 3 nitrogen and oxygen atoms in total. The summed E-state index contributed by atoms with van der Waals surface area (Å²) in [6, 6.07) is 2.03. The summed E-state index contributed by atoms with van der Waals surface area (Å²) in [6.07, 6.45) is 6.60. The van der Waals surface area contributed by atoms with Crippen LogP contribution in [-0.4, -0.2) is 30.2 Å². The average Bonchev–Trinajstić information content (AvgIpc) is 2.90. The number of rotatable bonds is 5. The van der Waals surface area contributed by atoms with Crippen molar-refractivity contribution < 1.29 is 9.52 Å². The molecule has 1 aliphatic carbocycles. The first-order valence-electron chi connectivity index (χ1n) is 6.48. The van der Waals surface area contributed by atoms with E-state index in [-0.39, 0.29) is 5.41 Å². The second-order valence-electron chi connectivity index (χ2n) is 5.54. The molecule has 0 aliphatic heterocycles. The summed E-state index contributed by atoms with van der Waals surface area (Å²) < 4.78 is 5.31. The highest BCUT2D eigenvalue weighted by atomic mass is 16.3. The zero-order valence-corrected chi connectivity index (χ0v) is 10.9. The van der Waals surface area contributed by atoms with Crippen molar-refractivity contribution in [1.82, 2.24) is 4.90 Å². The summed E-state index contributed by atoms with van der Waals surface area (Å²) >= 11 is 0. The maximum atomic E-state index is 9.60. The number of nitrogens with zero attached hydrogens (tertiary/aromatic N) is 1. The fourth-order valence-corrected chi connectivity index (χ4v) is 2.99. The van der Waals surface area contributed by atoms with Crippen LogP contribution in [0.25, 0.3) is 0 Å². The molecular formula is C14H23NO2. The summed E-state index contributed by atoms with van der Waals surface area (Å²) in [5.41, 5.74) is 1.39. The molecular weight excluding hydrogens is 214 g/mol. The lowest BCUT2D eigenvalue weighted by molar-refractivity contribution is 0.0862. The third kappa shape index (κ3) is 2.90. The Hall–Kier alpha value is -0.800. The van der Waals surface area contributed by atoms with Crippen LogP contribution >= 0.6 is 0 Å². The molecule has 0 unspecified atom stereocenters. The van der Waals surface area contributed by atoms with Crippen LogP contribution in [0.15, 0.2) is 16.7 Å². The topological polar surface area (TPSA) is 36.6 Å². The Morgan fingerprint density at radius 3 is 2.65 bits per heavy atom. The molecule has 1 aliphatic rings. The van der Waals surface area contributed by atoms with E-state index in [0.717, 1.165) is 31.7 Å². The van der Waals surface area contributed by atoms with Crippen molar-refractivity contribution in [3.8, 4) is 0 Å². The van der Waals surface area contributed by atoms with Crippen molar-refractivity contribution in [2.45, 2.75) is 39.2 Å². The van der Waals surface area contributed by atoms with E-state index in [9.17, 15) is 5.11 Å². The molecule has 1 fully saturated rings. The number of aryl methyl sites for hydroxylation is 1. The third-order valence-corrected chi connectivity index (χ3v) is 4.01. The van der Waals surface area contributed by atoms with Gasteiger partial charge in [0.1, 0.15) is 5.76 Å². The molecule has 1 aromatic heterocycles. The monoisotopic (exact) mass is 237 g/mol. The number of hydrogen-bond donors (Lipinski definition) is 1. The van der Waals surface area contributed by atoms with E-state index >= 15 is 0 Å². The van der Waals surface area contributed by atoms with Gasteiger partial charge in [-0.05, 0) is 32.9 Å². The van der Waals surface area contributed by atoms with Gasteiger partial charge in [-0.3, -0.25) is 0 Å². The third-order valence-electron chi connectivity index (χ3n) is 4.01. The van der Waals surface area contributed by atoms with Crippen molar-refractivity contribution in [2.75, 3.05) is 20.2 Å². The summed E-state index contributed by atoms with van der Waals surface area (Å²) in [7, 11) is 2.13. The van der Waals surface area contributed by atoms with Gasteiger partial charge < -0.3 is 14.4 Å². The van der Waals surface area contributed by atoms with Gasteiger partial charge in [-0.1, -0.05) is 12.8 Å². The fourth-order valence-electron chi connectivity index (χ4n) is 2.99. The van der Waals surface area contributed by atoms with E-state index < -0.39 is 0 Å². The Balaban J connectivity index is 1.92. The summed E-state index contributed by atoms with van der Waals surface area (Å²) in [4.78, 5) is 2.30. The van der Waals surface area contributed by atoms with Crippen LogP contribution in [0.1, 0.15) is 37.0 Å². The molecule has 96 valence electrons. The van der Waals surface area contributed by atoms with E-state index in [1.54, 1.807) is 6.26 Å². The van der Waals surface area contributed by atoms with Gasteiger partial charge in [-0.15, -0.1) is 0 Å². The largest absolute Gasteiger partial charge is 0.469 e. The van der Waals surface area contributed by atoms with E-state index in [1.165, 1.54) is 18.4 Å². The molecule has 0 aromatic carbocycles. The standard InChI is InChI=1S/C14H23NO2/c1-12-13(5-8-17-12)9-15(2)10-14(11-16)6-3-4-7-14/h5,8,16H,3-4,6-7,9-11H2,1-2H3. The lowest BCUT2D eigenvalue weighted by atomic mass is 9.86. The van der Waals surface area contributed by atoms with Gasteiger partial charge in [-0.25, -0.2) is 0 Å². The van der Waals surface area contributed by atoms with E-state index in [4.69, 9.17) is 4.42 Å². The van der Waals surface area contributed by atoms with Crippen LogP contribution in [0.5, 0.6) is 0 Å². The second-order valence-corrected chi connectivity index (χ2v) is 5.54. The highest BCUT2D eigenvalue weighted by Crippen LogP contribution is 2.38. The first-order chi connectivity index (χ1) is 8.15. The molecule has 0 radical (unpaired) electrons. The normalized spacial score (nSPS) is 19.1. The van der Waals surface area contributed by atoms with Crippen molar-refractivity contribution in [3.05, 3.63) is 23.7 Å². The quantitative estimate of drug-likeness (QED) is 0.855. The lowest BCUT2D eigenvalue weighted by Crippen LogP contribution is -2.36. The first kappa shape index (κ1) is 12.7. The Morgan fingerprint density at radius 2 is 2.12 bits per heavy atom. The smallest absolute Gasteiger partial charge is 0.105 e. The van der Waals surface area contributed by atoms with Crippen molar-refractivity contribution in [2.24, 2.45) is 5.41 Å². The van der Waals surface area contributed by atoms with E-state index in [1.807, 2.05) is 13.0 Å². The highest BCUT2D eigenvalue weighted by Gasteiger charge is 2.34. The van der Waals surface area contributed by atoms with Crippen molar-refractivity contribution in [1.29, 1.82) is 0 Å². The van der Waals surface area contributed by atoms with Crippen LogP contribution in [0.4, 0.5) is 0 Å². The van der Waals surface area contributed by atoms with Crippen LogP contribution < -0.4 is 0 Å². The predicted octanol–water partition coefficient (Wildman–Crippen LogP) is 2.57. The first-order valence-corrected chi connectivity index (χ1v) is 6.48. The van der Waals surface area contributed by atoms with Gasteiger partial charge in [0, 0.05) is 30.7 Å². The molecule has 0 amide bonds. The molecule has 0 saturated heterocycles. The minimum atomic E-state index is 0.145. The maximum Gasteiger partial charge on any atom is 0.105 e. The molecule has 1 N–H and O–H groups in total. The van der Waals surface area contributed by atoms with Crippen LogP contribution in [0, 0.1) is 12.3 Å². The van der Waals surface area contributed by atoms with E-state index in [2.05, 4.69) is 11.9 Å². The molecule has 0 bridgehead atoms. The molecule has 1 aromatic rings. The zero-order chi connectivity index (χ0) is 12.3. The summed E-state index contributed by atoms with van der Waals surface area (Å²) in [5.74, 6) is 1.00. The molecule has 2 rings (SSSR count). The Morgan fingerprint density at radius 1 is 1.41 bits per heavy atom. The maximum absolute atomic E-state index is 9.60. The Bertz CT molecular complexity index is 353. The van der Waals surface area contributed by atoms with Crippen molar-refractivity contribution in [3.63, 3.8) is 0 Å². The lowest BCUT2D eigenvalue weighted by Gasteiger charge is -2.31. The van der Waals surface area contributed by atoms with Gasteiger partial charge in [0.2, 0.25) is 0 Å². The van der Waals surface area contributed by atoms with E-state index in [0.29, 0.717) is 6.61 Å².